The Morgan fingerprint density at radius 1 is 0.836 bits per heavy atom. The van der Waals surface area contributed by atoms with Crippen LogP contribution in [-0.4, -0.2) is 123 Å². The molecule has 6 N–H and O–H groups in total. The SMILES string of the molecule is COc1ccc(C2=CN3C(=O)c4cc(OC)c(OCCCOc5cc6c(cc5OC)C(=O)N5CC7(CC7)C[C@H]5C(O)N6C(=O)OCc5ccc(NC(=O)C(C)NC(=O)[C@H](N)C(C)C)cc5)cc4NC[C@H]3C2)cc1. The lowest BCUT2D eigenvalue weighted by atomic mass is 10.0. The summed E-state index contributed by atoms with van der Waals surface area (Å²) < 4.78 is 35.0. The fourth-order valence-electron chi connectivity index (χ4n) is 9.84. The maximum absolute atomic E-state index is 14.3. The second-order valence-corrected chi connectivity index (χ2v) is 19.7. The summed E-state index contributed by atoms with van der Waals surface area (Å²) in [5, 5.41) is 20.9. The number of nitrogens with two attached hydrogens (primary N) is 1. The van der Waals surface area contributed by atoms with E-state index in [0.29, 0.717) is 66.4 Å². The molecule has 4 aromatic carbocycles. The van der Waals surface area contributed by atoms with Crippen molar-refractivity contribution in [2.24, 2.45) is 17.1 Å². The normalized spacial score (nSPS) is 20.0. The first-order valence-electron chi connectivity index (χ1n) is 24.6. The van der Waals surface area contributed by atoms with Crippen molar-refractivity contribution in [3.63, 3.8) is 0 Å². The minimum Gasteiger partial charge on any atom is -0.497 e. The van der Waals surface area contributed by atoms with Crippen LogP contribution in [-0.2, 0) is 20.9 Å². The highest BCUT2D eigenvalue weighted by atomic mass is 16.6. The lowest BCUT2D eigenvalue weighted by molar-refractivity contribution is -0.127. The van der Waals surface area contributed by atoms with Crippen LogP contribution >= 0.6 is 0 Å². The number of carbonyl (C=O) groups excluding carboxylic acids is 5. The van der Waals surface area contributed by atoms with Gasteiger partial charge >= 0.3 is 6.09 Å². The van der Waals surface area contributed by atoms with E-state index >= 15 is 0 Å². The molecular weight excluding hydrogens is 939 g/mol. The molecule has 4 heterocycles. The van der Waals surface area contributed by atoms with Crippen molar-refractivity contribution in [1.29, 1.82) is 0 Å². The molecule has 4 aliphatic heterocycles. The molecule has 19 heteroatoms. The predicted octanol–water partition coefficient (Wildman–Crippen LogP) is 6.14. The van der Waals surface area contributed by atoms with E-state index < -0.39 is 42.3 Å². The molecule has 0 aromatic heterocycles. The number of aliphatic hydroxyl groups excluding tert-OH is 1. The number of carbonyl (C=O) groups is 5. The maximum Gasteiger partial charge on any atom is 0.416 e. The largest absolute Gasteiger partial charge is 0.497 e. The van der Waals surface area contributed by atoms with Gasteiger partial charge in [0, 0.05) is 43.5 Å². The van der Waals surface area contributed by atoms with Gasteiger partial charge in [0.05, 0.1) is 75.2 Å². The summed E-state index contributed by atoms with van der Waals surface area (Å²) in [7, 11) is 4.61. The molecule has 5 aliphatic rings. The van der Waals surface area contributed by atoms with Crippen molar-refractivity contribution in [2.75, 3.05) is 63.2 Å². The van der Waals surface area contributed by atoms with Gasteiger partial charge in [-0.05, 0) is 97.0 Å². The minimum atomic E-state index is -1.44. The predicted molar refractivity (Wildman–Crippen MR) is 271 cm³/mol. The minimum absolute atomic E-state index is 0.0819. The van der Waals surface area contributed by atoms with Crippen molar-refractivity contribution in [1.82, 2.24) is 15.1 Å². The van der Waals surface area contributed by atoms with Gasteiger partial charge in [0.1, 0.15) is 18.4 Å². The summed E-state index contributed by atoms with van der Waals surface area (Å²) in [4.78, 5) is 72.3. The van der Waals surface area contributed by atoms with Gasteiger partial charge in [0.25, 0.3) is 11.8 Å². The third-order valence-corrected chi connectivity index (χ3v) is 14.4. The smallest absolute Gasteiger partial charge is 0.416 e. The number of hydrogen-bond donors (Lipinski definition) is 5. The number of nitrogens with one attached hydrogen (secondary N) is 3. The van der Waals surface area contributed by atoms with Gasteiger partial charge in [-0.2, -0.15) is 0 Å². The first-order chi connectivity index (χ1) is 35.1. The van der Waals surface area contributed by atoms with Crippen LogP contribution in [0, 0.1) is 11.3 Å². The number of anilines is 3. The zero-order valence-electron chi connectivity index (χ0n) is 41.9. The number of aliphatic hydroxyl groups is 1. The monoisotopic (exact) mass is 1000 g/mol. The van der Waals surface area contributed by atoms with Gasteiger partial charge in [0.15, 0.2) is 29.2 Å². The van der Waals surface area contributed by atoms with E-state index in [9.17, 15) is 29.1 Å². The quantitative estimate of drug-likeness (QED) is 0.0749. The first kappa shape index (κ1) is 50.4. The number of rotatable bonds is 17. The van der Waals surface area contributed by atoms with Crippen molar-refractivity contribution < 1.29 is 57.5 Å². The molecule has 19 nitrogen and oxygen atoms in total. The number of hydrogen-bond acceptors (Lipinski definition) is 14. The Hall–Kier alpha value is -7.51. The summed E-state index contributed by atoms with van der Waals surface area (Å²) in [6, 6.07) is 18.6. The van der Waals surface area contributed by atoms with E-state index in [2.05, 4.69) is 16.0 Å². The van der Waals surface area contributed by atoms with Crippen molar-refractivity contribution in [2.45, 2.75) is 89.9 Å². The number of ether oxygens (including phenoxy) is 6. The van der Waals surface area contributed by atoms with Crippen LogP contribution < -0.4 is 50.3 Å². The van der Waals surface area contributed by atoms with Gasteiger partial charge in [-0.1, -0.05) is 38.1 Å². The van der Waals surface area contributed by atoms with E-state index in [1.165, 1.54) is 26.4 Å². The summed E-state index contributed by atoms with van der Waals surface area (Å²) in [6.07, 6.45) is 3.05. The first-order valence-corrected chi connectivity index (χ1v) is 24.6. The number of amides is 5. The number of methoxy groups -OCH3 is 3. The molecule has 0 bridgehead atoms. The van der Waals surface area contributed by atoms with E-state index in [4.69, 9.17) is 34.2 Å². The van der Waals surface area contributed by atoms with E-state index in [1.54, 1.807) is 60.2 Å². The summed E-state index contributed by atoms with van der Waals surface area (Å²) >= 11 is 0. The topological polar surface area (TPSA) is 233 Å². The average Bonchev–Trinajstić information content (AvgIpc) is 3.90. The van der Waals surface area contributed by atoms with E-state index in [-0.39, 0.29) is 71.8 Å². The molecular formula is C54H63N7O12. The standard InChI is InChI=1S/C54H63N7O12/c1-30(2)47(55)49(63)57-31(3)48(62)58-35-12-8-32(9-13-35)28-73-53(67)61-41-24-46(44(70-6)22-39(41)51(65)60-29-54(16-17-54)25-42(60)52(61)66)72-19-7-18-71-45-23-40-38(21-43(45)69-5)50(64)59-27-34(20-36(59)26-56-40)33-10-14-37(68-4)15-11-33/h8-15,21-24,27,30-31,36,42,47,52,56,66H,7,16-20,25-26,28-29,55H2,1-6H3,(H,57,63)(H,58,62)/t31?,36-,42+,47-,52?/m1/s1. The van der Waals surface area contributed by atoms with Crippen molar-refractivity contribution in [3.05, 3.63) is 101 Å². The molecule has 386 valence electrons. The summed E-state index contributed by atoms with van der Waals surface area (Å²) in [5.41, 5.74) is 10.3. The Bertz CT molecular complexity index is 2800. The van der Waals surface area contributed by atoms with Crippen molar-refractivity contribution in [3.8, 4) is 28.7 Å². The fraction of sp³-hybridized carbons (Fsp3) is 0.426. The zero-order chi connectivity index (χ0) is 51.7. The number of nitrogens with zero attached hydrogens (tertiary/aromatic N) is 3. The van der Waals surface area contributed by atoms with Crippen LogP contribution in [0.2, 0.25) is 0 Å². The summed E-state index contributed by atoms with van der Waals surface area (Å²) in [5.74, 6) is 0.637. The van der Waals surface area contributed by atoms with Gasteiger partial charge in [-0.3, -0.25) is 19.2 Å². The van der Waals surface area contributed by atoms with Crippen LogP contribution in [0.15, 0.2) is 79.0 Å². The molecule has 1 saturated heterocycles. The maximum atomic E-state index is 14.3. The Labute approximate surface area is 423 Å². The zero-order valence-corrected chi connectivity index (χ0v) is 41.9. The lowest BCUT2D eigenvalue weighted by Gasteiger charge is -2.31. The highest BCUT2D eigenvalue weighted by Gasteiger charge is 2.58. The third-order valence-electron chi connectivity index (χ3n) is 14.4. The highest BCUT2D eigenvalue weighted by Crippen LogP contribution is 2.57. The molecule has 1 aliphatic carbocycles. The molecule has 1 spiro atoms. The average molecular weight is 1000 g/mol. The molecule has 0 radical (unpaired) electrons. The molecule has 9 rings (SSSR count). The van der Waals surface area contributed by atoms with Gasteiger partial charge < -0.3 is 65.0 Å². The van der Waals surface area contributed by atoms with Gasteiger partial charge in [0.2, 0.25) is 11.8 Å². The Morgan fingerprint density at radius 2 is 1.51 bits per heavy atom. The van der Waals surface area contributed by atoms with Gasteiger partial charge in [-0.15, -0.1) is 0 Å². The Balaban J connectivity index is 0.856. The van der Waals surface area contributed by atoms with Crippen LogP contribution in [0.1, 0.15) is 84.7 Å². The molecule has 1 saturated carbocycles. The Morgan fingerprint density at radius 3 is 2.15 bits per heavy atom. The van der Waals surface area contributed by atoms with Crippen LogP contribution in [0.5, 0.6) is 28.7 Å². The fourth-order valence-corrected chi connectivity index (χ4v) is 9.84. The molecule has 5 atom stereocenters. The second kappa shape index (κ2) is 20.9. The second-order valence-electron chi connectivity index (χ2n) is 19.7. The molecule has 2 unspecified atom stereocenters. The molecule has 5 amide bonds. The molecule has 4 aromatic rings. The van der Waals surface area contributed by atoms with Crippen LogP contribution in [0.3, 0.4) is 0 Å². The van der Waals surface area contributed by atoms with E-state index in [1.807, 2.05) is 44.3 Å². The molecule has 2 fully saturated rings. The Kier molecular flexibility index (Phi) is 14.4. The van der Waals surface area contributed by atoms with Crippen LogP contribution in [0.25, 0.3) is 5.57 Å². The van der Waals surface area contributed by atoms with Gasteiger partial charge in [-0.25, -0.2) is 9.69 Å². The number of benzene rings is 4. The third kappa shape index (κ3) is 10.4. The highest BCUT2D eigenvalue weighted by molar-refractivity contribution is 6.06. The number of fused-ring (bicyclic) bond motifs is 4. The lowest BCUT2D eigenvalue weighted by Crippen LogP contribution is -2.50. The van der Waals surface area contributed by atoms with Crippen molar-refractivity contribution >= 4 is 52.4 Å². The summed E-state index contributed by atoms with van der Waals surface area (Å²) in [6.45, 7) is 6.33. The molecule has 73 heavy (non-hydrogen) atoms. The van der Waals surface area contributed by atoms with Crippen LogP contribution in [0.4, 0.5) is 21.9 Å². The van der Waals surface area contributed by atoms with E-state index in [0.717, 1.165) is 34.6 Å².